The Hall–Kier alpha value is -2.23. The van der Waals surface area contributed by atoms with Gasteiger partial charge >= 0.3 is 0 Å². The lowest BCUT2D eigenvalue weighted by Crippen LogP contribution is -2.35. The Labute approximate surface area is 131 Å². The van der Waals surface area contributed by atoms with Crippen molar-refractivity contribution in [3.05, 3.63) is 59.7 Å². The van der Waals surface area contributed by atoms with E-state index >= 15 is 0 Å². The highest BCUT2D eigenvalue weighted by Gasteiger charge is 2.29. The van der Waals surface area contributed by atoms with Gasteiger partial charge in [0.1, 0.15) is 0 Å². The van der Waals surface area contributed by atoms with Crippen LogP contribution in [-0.2, 0) is 6.42 Å². The van der Waals surface area contributed by atoms with Crippen LogP contribution in [0.15, 0.2) is 42.9 Å². The molecule has 0 spiro atoms. The van der Waals surface area contributed by atoms with Gasteiger partial charge in [-0.1, -0.05) is 0 Å². The lowest BCUT2D eigenvalue weighted by molar-refractivity contribution is 0.0730. The molecule has 1 fully saturated rings. The second-order valence-corrected chi connectivity index (χ2v) is 5.88. The molecule has 1 amide bonds. The first kappa shape index (κ1) is 14.7. The Balaban J connectivity index is 1.65. The average molecular weight is 295 g/mol. The van der Waals surface area contributed by atoms with Gasteiger partial charge in [-0.15, -0.1) is 0 Å². The molecule has 1 aliphatic rings. The number of rotatable bonds is 4. The van der Waals surface area contributed by atoms with Gasteiger partial charge in [0.05, 0.1) is 5.56 Å². The fourth-order valence-electron chi connectivity index (χ4n) is 3.15. The van der Waals surface area contributed by atoms with Crippen LogP contribution in [0, 0.1) is 6.92 Å². The van der Waals surface area contributed by atoms with Gasteiger partial charge in [0.25, 0.3) is 5.91 Å². The maximum Gasteiger partial charge on any atom is 0.255 e. The Bertz CT molecular complexity index is 642. The predicted octanol–water partition coefficient (Wildman–Crippen LogP) is 3.02. The van der Waals surface area contributed by atoms with Gasteiger partial charge < -0.3 is 4.90 Å². The quantitative estimate of drug-likeness (QED) is 0.871. The number of aromatic nitrogens is 2. The molecule has 114 valence electrons. The number of carbonyl (C=O) groups excluding carboxylic acids is 1. The van der Waals surface area contributed by atoms with Crippen molar-refractivity contribution in [2.24, 2.45) is 0 Å². The van der Waals surface area contributed by atoms with E-state index in [4.69, 9.17) is 0 Å². The standard InChI is InChI=1S/C18H21N3O/c1-14-12-15(8-10-20-14)6-7-17-5-3-11-21(17)18(22)16-4-2-9-19-13-16/h2,4,8-10,12-13,17H,3,5-7,11H2,1H3/t17-/m1/s1. The van der Waals surface area contributed by atoms with Crippen LogP contribution in [0.1, 0.15) is 40.9 Å². The van der Waals surface area contributed by atoms with Crippen molar-refractivity contribution in [2.75, 3.05) is 6.54 Å². The fourth-order valence-corrected chi connectivity index (χ4v) is 3.15. The first-order valence-corrected chi connectivity index (χ1v) is 7.86. The number of nitrogens with zero attached hydrogens (tertiary/aromatic N) is 3. The molecule has 2 aromatic heterocycles. The van der Waals surface area contributed by atoms with Crippen molar-refractivity contribution in [1.82, 2.24) is 14.9 Å². The SMILES string of the molecule is Cc1cc(CC[C@H]2CCCN2C(=O)c2cccnc2)ccn1. The highest BCUT2D eigenvalue weighted by Crippen LogP contribution is 2.23. The monoisotopic (exact) mass is 295 g/mol. The molecule has 3 heterocycles. The third-order valence-corrected chi connectivity index (χ3v) is 4.27. The molecule has 4 nitrogen and oxygen atoms in total. The molecule has 1 atom stereocenters. The van der Waals surface area contributed by atoms with Gasteiger partial charge in [-0.3, -0.25) is 14.8 Å². The summed E-state index contributed by atoms with van der Waals surface area (Å²) in [4.78, 5) is 22.9. The second-order valence-electron chi connectivity index (χ2n) is 5.88. The molecule has 0 unspecified atom stereocenters. The number of amides is 1. The Morgan fingerprint density at radius 2 is 2.27 bits per heavy atom. The average Bonchev–Trinajstić information content (AvgIpc) is 3.01. The summed E-state index contributed by atoms with van der Waals surface area (Å²) in [5.74, 6) is 0.113. The Morgan fingerprint density at radius 1 is 1.36 bits per heavy atom. The minimum Gasteiger partial charge on any atom is -0.336 e. The molecule has 3 rings (SSSR count). The highest BCUT2D eigenvalue weighted by molar-refractivity contribution is 5.94. The molecule has 4 heteroatoms. The molecule has 1 aliphatic heterocycles. The molecule has 0 aromatic carbocycles. The van der Waals surface area contributed by atoms with Crippen molar-refractivity contribution in [3.8, 4) is 0 Å². The molecule has 2 aromatic rings. The zero-order chi connectivity index (χ0) is 15.4. The van der Waals surface area contributed by atoms with Crippen LogP contribution < -0.4 is 0 Å². The molecular formula is C18H21N3O. The van der Waals surface area contributed by atoms with Crippen LogP contribution in [0.4, 0.5) is 0 Å². The predicted molar refractivity (Wildman–Crippen MR) is 85.6 cm³/mol. The minimum absolute atomic E-state index is 0.113. The summed E-state index contributed by atoms with van der Waals surface area (Å²) in [5, 5.41) is 0. The van der Waals surface area contributed by atoms with Crippen LogP contribution in [0.3, 0.4) is 0 Å². The summed E-state index contributed by atoms with van der Waals surface area (Å²) in [6.45, 7) is 2.87. The first-order valence-electron chi connectivity index (χ1n) is 7.86. The zero-order valence-electron chi connectivity index (χ0n) is 12.9. The van der Waals surface area contributed by atoms with Gasteiger partial charge in [0.2, 0.25) is 0 Å². The topological polar surface area (TPSA) is 46.1 Å². The molecule has 0 N–H and O–H groups in total. The van der Waals surface area contributed by atoms with Crippen LogP contribution in [0.5, 0.6) is 0 Å². The smallest absolute Gasteiger partial charge is 0.255 e. The number of aryl methyl sites for hydroxylation is 2. The van der Waals surface area contributed by atoms with Gasteiger partial charge in [0, 0.05) is 36.9 Å². The third kappa shape index (κ3) is 3.32. The van der Waals surface area contributed by atoms with E-state index < -0.39 is 0 Å². The van der Waals surface area contributed by atoms with Crippen LogP contribution in [0.2, 0.25) is 0 Å². The lowest BCUT2D eigenvalue weighted by Gasteiger charge is -2.24. The molecule has 1 saturated heterocycles. The van der Waals surface area contributed by atoms with Crippen LogP contribution >= 0.6 is 0 Å². The first-order chi connectivity index (χ1) is 10.7. The van der Waals surface area contributed by atoms with E-state index in [0.717, 1.165) is 37.9 Å². The third-order valence-electron chi connectivity index (χ3n) is 4.27. The summed E-state index contributed by atoms with van der Waals surface area (Å²) in [6, 6.07) is 8.19. The summed E-state index contributed by atoms with van der Waals surface area (Å²) in [5.41, 5.74) is 3.04. The van der Waals surface area contributed by atoms with Gasteiger partial charge in [-0.25, -0.2) is 0 Å². The number of pyridine rings is 2. The van der Waals surface area contributed by atoms with E-state index in [1.807, 2.05) is 30.2 Å². The van der Waals surface area contributed by atoms with Crippen molar-refractivity contribution in [1.29, 1.82) is 0 Å². The summed E-state index contributed by atoms with van der Waals surface area (Å²) >= 11 is 0. The normalized spacial score (nSPS) is 17.7. The molecule has 22 heavy (non-hydrogen) atoms. The molecular weight excluding hydrogens is 274 g/mol. The fraction of sp³-hybridized carbons (Fsp3) is 0.389. The van der Waals surface area contributed by atoms with Gasteiger partial charge in [-0.05, 0) is 62.4 Å². The van der Waals surface area contributed by atoms with Gasteiger partial charge in [0.15, 0.2) is 0 Å². The highest BCUT2D eigenvalue weighted by atomic mass is 16.2. The maximum atomic E-state index is 12.6. The van der Waals surface area contributed by atoms with E-state index in [2.05, 4.69) is 22.1 Å². The Kier molecular flexibility index (Phi) is 4.47. The maximum absolute atomic E-state index is 12.6. The van der Waals surface area contributed by atoms with Gasteiger partial charge in [-0.2, -0.15) is 0 Å². The largest absolute Gasteiger partial charge is 0.336 e. The number of carbonyl (C=O) groups is 1. The van der Waals surface area contributed by atoms with E-state index in [9.17, 15) is 4.79 Å². The van der Waals surface area contributed by atoms with Crippen molar-refractivity contribution in [3.63, 3.8) is 0 Å². The molecule has 0 radical (unpaired) electrons. The van der Waals surface area contributed by atoms with Crippen molar-refractivity contribution >= 4 is 5.91 Å². The van der Waals surface area contributed by atoms with Crippen molar-refractivity contribution in [2.45, 2.75) is 38.6 Å². The number of likely N-dealkylation sites (tertiary alicyclic amines) is 1. The van der Waals surface area contributed by atoms with E-state index in [-0.39, 0.29) is 5.91 Å². The minimum atomic E-state index is 0.113. The van der Waals surface area contributed by atoms with Crippen LogP contribution in [-0.4, -0.2) is 33.4 Å². The van der Waals surface area contributed by atoms with E-state index in [1.165, 1.54) is 5.56 Å². The van der Waals surface area contributed by atoms with E-state index in [0.29, 0.717) is 11.6 Å². The lowest BCUT2D eigenvalue weighted by atomic mass is 10.0. The Morgan fingerprint density at radius 3 is 3.05 bits per heavy atom. The van der Waals surface area contributed by atoms with Crippen LogP contribution in [0.25, 0.3) is 0 Å². The zero-order valence-corrected chi connectivity index (χ0v) is 12.9. The summed E-state index contributed by atoms with van der Waals surface area (Å²) < 4.78 is 0. The number of hydrogen-bond acceptors (Lipinski definition) is 3. The number of hydrogen-bond donors (Lipinski definition) is 0. The van der Waals surface area contributed by atoms with E-state index in [1.54, 1.807) is 12.4 Å². The second kappa shape index (κ2) is 6.69. The molecule has 0 aliphatic carbocycles. The van der Waals surface area contributed by atoms with Crippen molar-refractivity contribution < 1.29 is 4.79 Å². The summed E-state index contributed by atoms with van der Waals surface area (Å²) in [6.07, 6.45) is 9.40. The molecule has 0 bridgehead atoms. The summed E-state index contributed by atoms with van der Waals surface area (Å²) in [7, 11) is 0. The molecule has 0 saturated carbocycles.